The molecule has 0 saturated carbocycles. The smallest absolute Gasteiger partial charge is 0.119 e. The van der Waals surface area contributed by atoms with Gasteiger partial charge in [-0.15, -0.1) is 0 Å². The van der Waals surface area contributed by atoms with Crippen molar-refractivity contribution in [1.82, 2.24) is 4.98 Å². The molecule has 1 heterocycles. The summed E-state index contributed by atoms with van der Waals surface area (Å²) < 4.78 is 6.04. The fraction of sp³-hybridized carbons (Fsp3) is 0.125. The van der Waals surface area contributed by atoms with Crippen LogP contribution in [0.4, 0.5) is 0 Å². The summed E-state index contributed by atoms with van der Waals surface area (Å²) in [6, 6.07) is 27.0. The number of pyridine rings is 1. The average molecular weight is 339 g/mol. The van der Waals surface area contributed by atoms with E-state index in [9.17, 15) is 0 Å². The lowest BCUT2D eigenvalue weighted by atomic mass is 10.0. The molecule has 0 aliphatic rings. The number of nitrogens with zero attached hydrogens (tertiary/aromatic N) is 1. The average Bonchev–Trinajstić information content (AvgIpc) is 2.67. The second-order valence-corrected chi connectivity index (χ2v) is 6.65. The molecule has 0 bridgehead atoms. The van der Waals surface area contributed by atoms with Crippen LogP contribution in [0.5, 0.6) is 5.75 Å². The maximum absolute atomic E-state index is 6.04. The Morgan fingerprint density at radius 3 is 2.38 bits per heavy atom. The van der Waals surface area contributed by atoms with E-state index in [-0.39, 0.29) is 0 Å². The van der Waals surface area contributed by atoms with E-state index in [1.807, 2.05) is 24.3 Å². The number of aryl methyl sites for hydroxylation is 2. The molecule has 26 heavy (non-hydrogen) atoms. The van der Waals surface area contributed by atoms with E-state index in [2.05, 4.69) is 68.4 Å². The van der Waals surface area contributed by atoms with Crippen LogP contribution in [0.15, 0.2) is 78.9 Å². The van der Waals surface area contributed by atoms with Gasteiger partial charge in [0.15, 0.2) is 0 Å². The van der Waals surface area contributed by atoms with Gasteiger partial charge in [0.2, 0.25) is 0 Å². The van der Waals surface area contributed by atoms with Gasteiger partial charge in [-0.3, -0.25) is 0 Å². The zero-order valence-electron chi connectivity index (χ0n) is 15.1. The van der Waals surface area contributed by atoms with Crippen LogP contribution in [0, 0.1) is 13.8 Å². The molecule has 0 atom stereocenters. The molecule has 3 aromatic carbocycles. The van der Waals surface area contributed by atoms with Crippen molar-refractivity contribution < 1.29 is 4.74 Å². The Kier molecular flexibility index (Phi) is 4.40. The quantitative estimate of drug-likeness (QED) is 0.448. The molecule has 2 heteroatoms. The first-order valence-corrected chi connectivity index (χ1v) is 8.84. The van der Waals surface area contributed by atoms with Gasteiger partial charge in [-0.1, -0.05) is 59.7 Å². The first-order chi connectivity index (χ1) is 12.7. The van der Waals surface area contributed by atoms with E-state index in [0.717, 1.165) is 33.5 Å². The molecule has 4 rings (SSSR count). The molecule has 0 aliphatic carbocycles. The summed E-state index contributed by atoms with van der Waals surface area (Å²) in [4.78, 5) is 4.86. The van der Waals surface area contributed by atoms with E-state index in [1.54, 1.807) is 0 Å². The van der Waals surface area contributed by atoms with Gasteiger partial charge in [0, 0.05) is 16.5 Å². The van der Waals surface area contributed by atoms with Crippen molar-refractivity contribution in [3.05, 3.63) is 95.6 Å². The van der Waals surface area contributed by atoms with E-state index in [0.29, 0.717) is 6.61 Å². The lowest BCUT2D eigenvalue weighted by molar-refractivity contribution is 0.307. The number of fused-ring (bicyclic) bond motifs is 1. The molecule has 0 unspecified atom stereocenters. The molecule has 0 amide bonds. The number of rotatable bonds is 4. The van der Waals surface area contributed by atoms with Crippen LogP contribution in [0.2, 0.25) is 0 Å². The highest BCUT2D eigenvalue weighted by Gasteiger charge is 2.08. The van der Waals surface area contributed by atoms with Crippen molar-refractivity contribution >= 4 is 10.9 Å². The number of aromatic nitrogens is 1. The highest BCUT2D eigenvalue weighted by Crippen LogP contribution is 2.26. The fourth-order valence-corrected chi connectivity index (χ4v) is 3.11. The fourth-order valence-electron chi connectivity index (χ4n) is 3.11. The van der Waals surface area contributed by atoms with E-state index >= 15 is 0 Å². The minimum atomic E-state index is 0.519. The van der Waals surface area contributed by atoms with Crippen molar-refractivity contribution in [3.63, 3.8) is 0 Å². The zero-order valence-corrected chi connectivity index (χ0v) is 15.1. The topological polar surface area (TPSA) is 22.1 Å². The number of para-hydroxylation sites is 1. The van der Waals surface area contributed by atoms with Crippen LogP contribution in [0.3, 0.4) is 0 Å². The molecular weight excluding hydrogens is 318 g/mol. The Morgan fingerprint density at radius 1 is 0.769 bits per heavy atom. The summed E-state index contributed by atoms with van der Waals surface area (Å²) in [7, 11) is 0. The third-order valence-corrected chi connectivity index (χ3v) is 4.53. The SMILES string of the molecule is Cc1ccc(OCc2cc(-c3cccc(C)c3)nc3ccccc23)cc1. The Morgan fingerprint density at radius 2 is 1.58 bits per heavy atom. The number of benzene rings is 3. The maximum atomic E-state index is 6.04. The van der Waals surface area contributed by atoms with Crippen LogP contribution >= 0.6 is 0 Å². The van der Waals surface area contributed by atoms with E-state index < -0.39 is 0 Å². The van der Waals surface area contributed by atoms with Crippen molar-refractivity contribution in [3.8, 4) is 17.0 Å². The molecule has 0 fully saturated rings. The molecule has 0 spiro atoms. The van der Waals surface area contributed by atoms with Gasteiger partial charge in [0.05, 0.1) is 11.2 Å². The zero-order chi connectivity index (χ0) is 17.9. The normalized spacial score (nSPS) is 10.8. The van der Waals surface area contributed by atoms with Crippen molar-refractivity contribution in [2.75, 3.05) is 0 Å². The lowest BCUT2D eigenvalue weighted by Crippen LogP contribution is -1.99. The van der Waals surface area contributed by atoms with Crippen LogP contribution in [0.1, 0.15) is 16.7 Å². The van der Waals surface area contributed by atoms with Gasteiger partial charge in [-0.05, 0) is 44.2 Å². The van der Waals surface area contributed by atoms with Gasteiger partial charge in [-0.2, -0.15) is 0 Å². The molecule has 128 valence electrons. The number of ether oxygens (including phenoxy) is 1. The molecule has 4 aromatic rings. The monoisotopic (exact) mass is 339 g/mol. The molecule has 1 aromatic heterocycles. The van der Waals surface area contributed by atoms with Gasteiger partial charge < -0.3 is 4.74 Å². The van der Waals surface area contributed by atoms with E-state index in [4.69, 9.17) is 9.72 Å². The van der Waals surface area contributed by atoms with Gasteiger partial charge >= 0.3 is 0 Å². The van der Waals surface area contributed by atoms with Crippen molar-refractivity contribution in [2.24, 2.45) is 0 Å². The van der Waals surface area contributed by atoms with Gasteiger partial charge in [0.1, 0.15) is 12.4 Å². The summed E-state index contributed by atoms with van der Waals surface area (Å²) in [6.07, 6.45) is 0. The predicted molar refractivity (Wildman–Crippen MR) is 107 cm³/mol. The van der Waals surface area contributed by atoms with Crippen LogP contribution < -0.4 is 4.74 Å². The van der Waals surface area contributed by atoms with E-state index in [1.165, 1.54) is 11.1 Å². The summed E-state index contributed by atoms with van der Waals surface area (Å²) in [5.74, 6) is 0.883. The molecule has 0 saturated heterocycles. The first kappa shape index (κ1) is 16.3. The lowest BCUT2D eigenvalue weighted by Gasteiger charge is -2.12. The highest BCUT2D eigenvalue weighted by molar-refractivity contribution is 5.85. The highest BCUT2D eigenvalue weighted by atomic mass is 16.5. The van der Waals surface area contributed by atoms with Crippen LogP contribution in [-0.2, 0) is 6.61 Å². The molecule has 0 aliphatic heterocycles. The summed E-state index contributed by atoms with van der Waals surface area (Å²) in [6.45, 7) is 4.70. The minimum Gasteiger partial charge on any atom is -0.489 e. The Balaban J connectivity index is 1.73. The standard InChI is InChI=1S/C24H21NO/c1-17-10-12-21(13-11-17)26-16-20-15-24(19-7-5-6-18(2)14-19)25-23-9-4-3-8-22(20)23/h3-15H,16H2,1-2H3. The molecule has 2 nitrogen and oxygen atoms in total. The summed E-state index contributed by atoms with van der Waals surface area (Å²) in [5.41, 5.74) is 6.72. The maximum Gasteiger partial charge on any atom is 0.119 e. The van der Waals surface area contributed by atoms with Gasteiger partial charge in [-0.25, -0.2) is 4.98 Å². The second kappa shape index (κ2) is 7.01. The number of hydrogen-bond acceptors (Lipinski definition) is 2. The Bertz CT molecular complexity index is 1050. The van der Waals surface area contributed by atoms with Crippen LogP contribution in [0.25, 0.3) is 22.2 Å². The first-order valence-electron chi connectivity index (χ1n) is 8.84. The summed E-state index contributed by atoms with van der Waals surface area (Å²) >= 11 is 0. The third-order valence-electron chi connectivity index (χ3n) is 4.53. The summed E-state index contributed by atoms with van der Waals surface area (Å²) in [5, 5.41) is 1.14. The molecule has 0 N–H and O–H groups in total. The number of hydrogen-bond donors (Lipinski definition) is 0. The largest absolute Gasteiger partial charge is 0.489 e. The van der Waals surface area contributed by atoms with Crippen LogP contribution in [-0.4, -0.2) is 4.98 Å². The van der Waals surface area contributed by atoms with Gasteiger partial charge in [0.25, 0.3) is 0 Å². The third kappa shape index (κ3) is 3.45. The predicted octanol–water partition coefficient (Wildman–Crippen LogP) is 6.10. The Hall–Kier alpha value is -3.13. The minimum absolute atomic E-state index is 0.519. The second-order valence-electron chi connectivity index (χ2n) is 6.65. The molecular formula is C24H21NO. The van der Waals surface area contributed by atoms with Crippen molar-refractivity contribution in [2.45, 2.75) is 20.5 Å². The molecule has 0 radical (unpaired) electrons. The van der Waals surface area contributed by atoms with Crippen molar-refractivity contribution in [1.29, 1.82) is 0 Å². The Labute approximate surface area is 154 Å².